The third-order valence-electron chi connectivity index (χ3n) is 0.373. The predicted octanol–water partition coefficient (Wildman–Crippen LogP) is 1.56. The first kappa shape index (κ1) is 19.1. The van der Waals surface area contributed by atoms with Crippen LogP contribution in [-0.2, 0) is 9.59 Å². The molecule has 0 fully saturated rings. The fourth-order valence-corrected chi connectivity index (χ4v) is 0. The third-order valence-corrected chi connectivity index (χ3v) is 0.373. The van der Waals surface area contributed by atoms with Gasteiger partial charge in [-0.25, -0.2) is 18.4 Å². The van der Waals surface area contributed by atoms with Crippen LogP contribution in [0.3, 0.4) is 0 Å². The largest absolute Gasteiger partial charge is 0.477 e. The molecule has 0 saturated heterocycles. The van der Waals surface area contributed by atoms with Crippen molar-refractivity contribution in [2.75, 3.05) is 6.93 Å². The lowest BCUT2D eigenvalue weighted by Crippen LogP contribution is -2.06. The van der Waals surface area contributed by atoms with Gasteiger partial charge in [-0.1, -0.05) is 0 Å². The van der Waals surface area contributed by atoms with Gasteiger partial charge in [0.05, 0.1) is 0 Å². The van der Waals surface area contributed by atoms with E-state index in [1.54, 1.807) is 0 Å². The zero-order valence-corrected chi connectivity index (χ0v) is 6.84. The van der Waals surface area contributed by atoms with Gasteiger partial charge in [-0.3, -0.25) is 0 Å². The fraction of sp³-hybridized carbons (Fsp3) is 0.600. The molecule has 0 aliphatic rings. The normalized spacial score (nSPS) is 8.53. The molecule has 0 saturated carbocycles. The monoisotopic (exact) mass is 244 g/mol. The van der Waals surface area contributed by atoms with E-state index >= 15 is 0 Å². The van der Waals surface area contributed by atoms with Crippen LogP contribution < -0.4 is 0 Å². The second-order valence-corrected chi connectivity index (χ2v) is 1.38. The number of rotatable bonds is 2. The van der Waals surface area contributed by atoms with Crippen molar-refractivity contribution < 1.29 is 46.1 Å². The van der Waals surface area contributed by atoms with Gasteiger partial charge in [0.1, 0.15) is 0 Å². The van der Waals surface area contributed by atoms with Crippen molar-refractivity contribution in [3.05, 3.63) is 0 Å². The summed E-state index contributed by atoms with van der Waals surface area (Å²) in [5, 5.41) is 14.5. The van der Waals surface area contributed by atoms with Crippen molar-refractivity contribution in [3.8, 4) is 0 Å². The van der Waals surface area contributed by atoms with Crippen LogP contribution in [0.4, 0.5) is 26.3 Å². The Morgan fingerprint density at radius 2 is 0.933 bits per heavy atom. The smallest absolute Gasteiger partial charge is 0.371 e. The number of carbonyl (C=O) groups is 2. The van der Waals surface area contributed by atoms with Crippen LogP contribution in [0.2, 0.25) is 0 Å². The highest BCUT2D eigenvalue weighted by Gasteiger charge is 2.10. The molecule has 0 aliphatic carbocycles. The molecular formula is C5H6F6O4. The van der Waals surface area contributed by atoms with Gasteiger partial charge >= 0.3 is 24.8 Å². The van der Waals surface area contributed by atoms with E-state index in [2.05, 4.69) is 0 Å². The van der Waals surface area contributed by atoms with Crippen molar-refractivity contribution in [3.63, 3.8) is 0 Å². The van der Waals surface area contributed by atoms with Gasteiger partial charge in [0.2, 0.25) is 6.93 Å². The Balaban J connectivity index is -0.000000153. The zero-order chi connectivity index (χ0) is 13.0. The Kier molecular flexibility index (Phi) is 16.0. The molecule has 15 heavy (non-hydrogen) atoms. The van der Waals surface area contributed by atoms with Crippen molar-refractivity contribution >= 4 is 11.9 Å². The maximum absolute atomic E-state index is 10.6. The molecule has 10 heteroatoms. The van der Waals surface area contributed by atoms with E-state index in [9.17, 15) is 26.3 Å². The minimum atomic E-state index is -3.23. The highest BCUT2D eigenvalue weighted by molar-refractivity contribution is 5.70. The average Bonchev–Trinajstić information content (AvgIpc) is 2.06. The first-order valence-electron chi connectivity index (χ1n) is 2.84. The van der Waals surface area contributed by atoms with Crippen molar-refractivity contribution in [1.82, 2.24) is 0 Å². The number of hydrogen-bond acceptors (Lipinski definition) is 2. The summed E-state index contributed by atoms with van der Waals surface area (Å²) in [5.74, 6) is -4.15. The van der Waals surface area contributed by atoms with E-state index in [4.69, 9.17) is 19.8 Å². The minimum Gasteiger partial charge on any atom is -0.477 e. The summed E-state index contributed by atoms with van der Waals surface area (Å²) in [5.41, 5.74) is 0. The molecule has 0 aromatic rings. The quantitative estimate of drug-likeness (QED) is 0.722. The highest BCUT2D eigenvalue weighted by atomic mass is 19.3. The van der Waals surface area contributed by atoms with Gasteiger partial charge in [0, 0.05) is 0 Å². The van der Waals surface area contributed by atoms with Crippen LogP contribution in [0, 0.1) is 0 Å². The van der Waals surface area contributed by atoms with Crippen LogP contribution in [0.25, 0.3) is 0 Å². The molecule has 0 spiro atoms. The van der Waals surface area contributed by atoms with Crippen molar-refractivity contribution in [2.45, 2.75) is 12.9 Å². The summed E-state index contributed by atoms with van der Waals surface area (Å²) in [7, 11) is 0. The highest BCUT2D eigenvalue weighted by Crippen LogP contribution is 1.88. The first-order valence-corrected chi connectivity index (χ1v) is 2.84. The molecule has 0 amide bonds. The van der Waals surface area contributed by atoms with E-state index in [-0.39, 0.29) is 0 Å². The van der Waals surface area contributed by atoms with Gasteiger partial charge in [-0.2, -0.15) is 17.6 Å². The second-order valence-electron chi connectivity index (χ2n) is 1.38. The van der Waals surface area contributed by atoms with Crippen molar-refractivity contribution in [2.24, 2.45) is 0 Å². The van der Waals surface area contributed by atoms with Gasteiger partial charge in [0.25, 0.3) is 0 Å². The molecule has 2 N–H and O–H groups in total. The molecule has 0 aliphatic heterocycles. The number of halogens is 6. The molecule has 0 aromatic heterocycles. The molecule has 0 atom stereocenters. The lowest BCUT2D eigenvalue weighted by Gasteiger charge is -1.81. The van der Waals surface area contributed by atoms with E-state index < -0.39 is 31.7 Å². The molecule has 0 rings (SSSR count). The minimum absolute atomic E-state index is 1.75. The molecule has 0 unspecified atom stereocenters. The molecular weight excluding hydrogens is 238 g/mol. The molecule has 0 bridgehead atoms. The number of hydrogen-bond donors (Lipinski definition) is 2. The average molecular weight is 244 g/mol. The van der Waals surface area contributed by atoms with Gasteiger partial charge in [0.15, 0.2) is 0 Å². The first-order chi connectivity index (χ1) is 6.70. The lowest BCUT2D eigenvalue weighted by molar-refractivity contribution is -0.150. The Hall–Kier alpha value is -1.48. The fourth-order valence-electron chi connectivity index (χ4n) is 0. The van der Waals surface area contributed by atoms with Gasteiger partial charge < -0.3 is 10.2 Å². The molecule has 4 nitrogen and oxygen atoms in total. The molecule has 0 heterocycles. The Morgan fingerprint density at radius 3 is 0.933 bits per heavy atom. The van der Waals surface area contributed by atoms with Crippen LogP contribution in [0.1, 0.15) is 0 Å². The maximum atomic E-state index is 10.6. The standard InChI is InChI=1S/2C2H2F2O2.CH2F2/c2*3-1(4)2(5)6;2-1-3/h2*1H,(H,5,6);1H2. The van der Waals surface area contributed by atoms with E-state index in [0.717, 1.165) is 0 Å². The van der Waals surface area contributed by atoms with E-state index in [0.29, 0.717) is 0 Å². The zero-order valence-electron chi connectivity index (χ0n) is 6.84. The van der Waals surface area contributed by atoms with E-state index in [1.807, 2.05) is 0 Å². The molecule has 0 aromatic carbocycles. The lowest BCUT2D eigenvalue weighted by atomic mass is 10.7. The number of carboxylic acids is 2. The number of alkyl halides is 6. The van der Waals surface area contributed by atoms with Crippen LogP contribution >= 0.6 is 0 Å². The Labute approximate surface area is 79.1 Å². The maximum Gasteiger partial charge on any atom is 0.371 e. The number of aliphatic carboxylic acids is 2. The number of carboxylic acid groups (broad SMARTS) is 2. The molecule has 92 valence electrons. The summed E-state index contributed by atoms with van der Waals surface area (Å²) in [4.78, 5) is 17.9. The van der Waals surface area contributed by atoms with Crippen LogP contribution in [-0.4, -0.2) is 41.9 Å². The third kappa shape index (κ3) is 32.6. The Morgan fingerprint density at radius 1 is 0.867 bits per heavy atom. The predicted molar refractivity (Wildman–Crippen MR) is 34.4 cm³/mol. The SMILES string of the molecule is FCF.O=C(O)C(F)F.O=C(O)C(F)F. The Bertz CT molecular complexity index is 155. The van der Waals surface area contributed by atoms with Crippen molar-refractivity contribution in [1.29, 1.82) is 0 Å². The summed E-state index contributed by atoms with van der Waals surface area (Å²) in [6.45, 7) is -1.75. The summed E-state index contributed by atoms with van der Waals surface area (Å²) >= 11 is 0. The summed E-state index contributed by atoms with van der Waals surface area (Å²) < 4.78 is 61.5. The van der Waals surface area contributed by atoms with Gasteiger partial charge in [-0.05, 0) is 0 Å². The summed E-state index contributed by atoms with van der Waals surface area (Å²) in [6, 6.07) is 0. The molecule has 0 radical (unpaired) electrons. The topological polar surface area (TPSA) is 74.6 Å². The van der Waals surface area contributed by atoms with Crippen LogP contribution in [0.15, 0.2) is 0 Å². The van der Waals surface area contributed by atoms with Crippen LogP contribution in [0.5, 0.6) is 0 Å². The summed E-state index contributed by atoms with van der Waals surface area (Å²) in [6.07, 6.45) is -6.46. The van der Waals surface area contributed by atoms with Gasteiger partial charge in [-0.15, -0.1) is 0 Å². The second kappa shape index (κ2) is 12.5. The van der Waals surface area contributed by atoms with E-state index in [1.165, 1.54) is 0 Å².